The molecule has 37 heavy (non-hydrogen) atoms. The molecule has 0 amide bonds. The van der Waals surface area contributed by atoms with Crippen molar-refractivity contribution in [1.29, 1.82) is 0 Å². The van der Waals surface area contributed by atoms with Gasteiger partial charge < -0.3 is 24.9 Å². The van der Waals surface area contributed by atoms with Crippen molar-refractivity contribution < 1.29 is 137 Å². The van der Waals surface area contributed by atoms with Gasteiger partial charge in [-0.2, -0.15) is 0 Å². The maximum absolute atomic E-state index is 12.9. The van der Waals surface area contributed by atoms with Gasteiger partial charge in [-0.1, -0.05) is 117 Å². The van der Waals surface area contributed by atoms with Gasteiger partial charge in [0, 0.05) is 12.8 Å². The number of hydrogen-bond acceptors (Lipinski definition) is 7. The first-order valence-corrected chi connectivity index (χ1v) is 13.9. The monoisotopic (exact) mass is 574 g/mol. The zero-order chi connectivity index (χ0) is 26.5. The number of rotatable bonds is 25. The Morgan fingerprint density at radius 2 is 0.838 bits per heavy atom. The Morgan fingerprint density at radius 3 is 1.08 bits per heavy atom. The van der Waals surface area contributed by atoms with E-state index in [1.807, 2.05) is 0 Å². The molecule has 0 saturated carbocycles. The first-order valence-electron chi connectivity index (χ1n) is 13.9. The van der Waals surface area contributed by atoms with Gasteiger partial charge in [-0.3, -0.25) is 9.59 Å². The molecule has 0 bridgehead atoms. The first kappa shape index (κ1) is 43.0. The van der Waals surface area contributed by atoms with E-state index in [0.29, 0.717) is 25.7 Å². The largest absolute Gasteiger partial charge is 1.00 e. The van der Waals surface area contributed by atoms with Crippen molar-refractivity contribution in [2.45, 2.75) is 148 Å². The Bertz CT molecular complexity index is 592. The summed E-state index contributed by atoms with van der Waals surface area (Å²) in [5, 5.41) is 33.4. The summed E-state index contributed by atoms with van der Waals surface area (Å²) in [7, 11) is 0. The fourth-order valence-corrected chi connectivity index (χ4v) is 4.56. The molecule has 1 N–H and O–H groups in total. The third-order valence-electron chi connectivity index (χ3n) is 6.85. The van der Waals surface area contributed by atoms with Crippen LogP contribution in [0.25, 0.3) is 0 Å². The fourth-order valence-electron chi connectivity index (χ4n) is 4.56. The Morgan fingerprint density at radius 1 is 0.568 bits per heavy atom. The van der Waals surface area contributed by atoms with Crippen molar-refractivity contribution in [3.05, 3.63) is 0 Å². The van der Waals surface area contributed by atoms with Crippen molar-refractivity contribution in [3.63, 3.8) is 0 Å². The molecule has 0 aromatic rings. The second-order valence-corrected chi connectivity index (χ2v) is 9.82. The summed E-state index contributed by atoms with van der Waals surface area (Å²) in [6.07, 6.45) is 14.1. The number of Topliss-reactive ketones (excluding diaryl/α,β-unsaturated/α-hetero) is 2. The third kappa shape index (κ3) is 17.8. The predicted octanol–water partition coefficient (Wildman–Crippen LogP) is -2.18. The molecule has 0 spiro atoms. The summed E-state index contributed by atoms with van der Waals surface area (Å²) in [6.45, 7) is 4.31. The number of carboxylic acids is 2. The number of ketones is 2. The van der Waals surface area contributed by atoms with Gasteiger partial charge in [0.05, 0.1) is 11.9 Å². The van der Waals surface area contributed by atoms with Gasteiger partial charge in [-0.15, -0.1) is 0 Å². The molecule has 0 aliphatic carbocycles. The van der Waals surface area contributed by atoms with Crippen molar-refractivity contribution >= 4 is 23.5 Å². The smallest absolute Gasteiger partial charge is 0.548 e. The summed E-state index contributed by atoms with van der Waals surface area (Å²) in [4.78, 5) is 49.1. The van der Waals surface area contributed by atoms with Crippen LogP contribution in [-0.4, -0.2) is 34.7 Å². The number of carbonyl (C=O) groups excluding carboxylic acids is 4. The summed E-state index contributed by atoms with van der Waals surface area (Å²) in [5.41, 5.74) is -3.10. The SMILES string of the molecule is CCCCCCCCCCCC(=O)C(C(=O)[O-])(C(=O)CCCCCCCCCCC)C(O)C(=O)[O-].[K+].[K+]. The van der Waals surface area contributed by atoms with Crippen LogP contribution in [0.3, 0.4) is 0 Å². The summed E-state index contributed by atoms with van der Waals surface area (Å²) in [6, 6.07) is 0. The number of aliphatic carboxylic acids is 2. The zero-order valence-electron chi connectivity index (χ0n) is 24.1. The molecule has 0 heterocycles. The normalized spacial score (nSPS) is 11.8. The number of aliphatic hydroxyl groups is 1. The minimum Gasteiger partial charge on any atom is -0.548 e. The molecule has 0 saturated heterocycles. The summed E-state index contributed by atoms with van der Waals surface area (Å²) in [5.74, 6) is -6.51. The molecule has 0 aromatic heterocycles. The molecule has 7 nitrogen and oxygen atoms in total. The molecule has 1 unspecified atom stereocenters. The molecule has 1 atom stereocenters. The second kappa shape index (κ2) is 27.7. The number of unbranched alkanes of at least 4 members (excludes halogenated alkanes) is 16. The van der Waals surface area contributed by atoms with Crippen LogP contribution in [0.4, 0.5) is 0 Å². The van der Waals surface area contributed by atoms with E-state index in [2.05, 4.69) is 13.8 Å². The van der Waals surface area contributed by atoms with E-state index < -0.39 is 35.0 Å². The van der Waals surface area contributed by atoms with Gasteiger partial charge in [-0.05, 0) is 12.8 Å². The maximum Gasteiger partial charge on any atom is 1.00 e. The molecule has 0 rings (SSSR count). The average molecular weight is 575 g/mol. The Hall–Kier alpha value is 1.51. The summed E-state index contributed by atoms with van der Waals surface area (Å²) >= 11 is 0. The van der Waals surface area contributed by atoms with Gasteiger partial charge in [0.1, 0.15) is 6.10 Å². The van der Waals surface area contributed by atoms with Gasteiger partial charge in [0.15, 0.2) is 17.0 Å². The average Bonchev–Trinajstić information content (AvgIpc) is 2.82. The van der Waals surface area contributed by atoms with Crippen LogP contribution >= 0.6 is 0 Å². The van der Waals surface area contributed by atoms with Gasteiger partial charge in [-0.25, -0.2) is 0 Å². The molecule has 0 fully saturated rings. The quantitative estimate of drug-likeness (QED) is 0.0744. The van der Waals surface area contributed by atoms with Crippen LogP contribution < -0.4 is 113 Å². The van der Waals surface area contributed by atoms with E-state index in [0.717, 1.165) is 51.4 Å². The number of hydrogen-bond donors (Lipinski definition) is 1. The molecule has 0 radical (unpaired) electrons. The Balaban J connectivity index is -0.00000578. The van der Waals surface area contributed by atoms with Crippen LogP contribution in [0.1, 0.15) is 142 Å². The molecular formula is C28H48K2O7. The van der Waals surface area contributed by atoms with Gasteiger partial charge in [0.2, 0.25) is 0 Å². The number of aliphatic hydroxyl groups excluding tert-OH is 1. The van der Waals surface area contributed by atoms with Crippen LogP contribution in [-0.2, 0) is 19.2 Å². The minimum atomic E-state index is -3.10. The van der Waals surface area contributed by atoms with Crippen LogP contribution in [0.5, 0.6) is 0 Å². The Labute approximate surface area is 309 Å². The molecule has 0 aromatic carbocycles. The first-order chi connectivity index (χ1) is 16.8. The molecule has 0 aliphatic heterocycles. The molecule has 204 valence electrons. The number of carboxylic acid groups (broad SMARTS) is 2. The summed E-state index contributed by atoms with van der Waals surface area (Å²) < 4.78 is 0. The standard InChI is InChI=1S/C28H50O7.2K/c1-3-5-7-9-11-13-15-17-19-21-23(29)28(27(34)35,25(31)26(32)33)24(30)22-20-18-16-14-12-10-8-6-4-2;;/h25,31H,3-22H2,1-2H3,(H,32,33)(H,34,35);;/q;2*+1/p-2. The minimum absolute atomic E-state index is 0. The van der Waals surface area contributed by atoms with E-state index in [-0.39, 0.29) is 116 Å². The van der Waals surface area contributed by atoms with E-state index in [1.54, 1.807) is 0 Å². The van der Waals surface area contributed by atoms with E-state index in [4.69, 9.17) is 0 Å². The van der Waals surface area contributed by atoms with Crippen molar-refractivity contribution in [1.82, 2.24) is 0 Å². The van der Waals surface area contributed by atoms with Crippen LogP contribution in [0.2, 0.25) is 0 Å². The van der Waals surface area contributed by atoms with Crippen molar-refractivity contribution in [3.8, 4) is 0 Å². The van der Waals surface area contributed by atoms with Crippen molar-refractivity contribution in [2.75, 3.05) is 0 Å². The second-order valence-electron chi connectivity index (χ2n) is 9.82. The predicted molar refractivity (Wildman–Crippen MR) is 132 cm³/mol. The van der Waals surface area contributed by atoms with Gasteiger partial charge in [0.25, 0.3) is 0 Å². The fraction of sp³-hybridized carbons (Fsp3) is 0.857. The number of carbonyl (C=O) groups is 4. The van der Waals surface area contributed by atoms with E-state index >= 15 is 0 Å². The van der Waals surface area contributed by atoms with Crippen LogP contribution in [0.15, 0.2) is 0 Å². The van der Waals surface area contributed by atoms with Crippen molar-refractivity contribution in [2.24, 2.45) is 5.41 Å². The van der Waals surface area contributed by atoms with E-state index in [1.165, 1.54) is 38.5 Å². The maximum atomic E-state index is 12.9. The van der Waals surface area contributed by atoms with E-state index in [9.17, 15) is 34.5 Å². The van der Waals surface area contributed by atoms with Crippen LogP contribution in [0, 0.1) is 5.41 Å². The third-order valence-corrected chi connectivity index (χ3v) is 6.85. The molecule has 9 heteroatoms. The topological polar surface area (TPSA) is 135 Å². The Kier molecular flexibility index (Phi) is 32.1. The molecule has 0 aliphatic rings. The zero-order valence-corrected chi connectivity index (χ0v) is 30.4. The molecular weight excluding hydrogens is 526 g/mol. The van der Waals surface area contributed by atoms with Gasteiger partial charge >= 0.3 is 103 Å².